The Hall–Kier alpha value is -0.360. The molecule has 0 saturated heterocycles. The van der Waals surface area contributed by atoms with Crippen LogP contribution in [0.1, 0.15) is 6.42 Å². The minimum absolute atomic E-state index is 0.202. The predicted octanol–water partition coefficient (Wildman–Crippen LogP) is 3.94. The van der Waals surface area contributed by atoms with Gasteiger partial charge in [0.25, 0.3) is 0 Å². The van der Waals surface area contributed by atoms with Crippen molar-refractivity contribution >= 4 is 11.9 Å². The fourth-order valence-electron chi connectivity index (χ4n) is 1.27. The van der Waals surface area contributed by atoms with Crippen molar-refractivity contribution in [3.63, 3.8) is 0 Å². The van der Waals surface area contributed by atoms with Crippen LogP contribution in [0.3, 0.4) is 0 Å². The summed E-state index contributed by atoms with van der Waals surface area (Å²) in [5, 5.41) is -5.63. The molecule has 134 valence electrons. The van der Waals surface area contributed by atoms with Crippen molar-refractivity contribution in [1.82, 2.24) is 9.21 Å². The second-order valence-electron chi connectivity index (χ2n) is 4.76. The van der Waals surface area contributed by atoms with E-state index >= 15 is 0 Å². The van der Waals surface area contributed by atoms with Gasteiger partial charge in [0.15, 0.2) is 0 Å². The lowest BCUT2D eigenvalue weighted by Crippen LogP contribution is -2.60. The second-order valence-corrected chi connectivity index (χ2v) is 6.08. The summed E-state index contributed by atoms with van der Waals surface area (Å²) in [6, 6.07) is 0. The van der Waals surface area contributed by atoms with Gasteiger partial charge in [0.2, 0.25) is 0 Å². The molecule has 12 heteroatoms. The Labute approximate surface area is 125 Å². The summed E-state index contributed by atoms with van der Waals surface area (Å²) in [5.74, 6) is -13.4. The number of hydrogen-bond donors (Lipinski definition) is 0. The maximum atomic E-state index is 13.2. The number of alkyl halides is 9. The van der Waals surface area contributed by atoms with E-state index in [2.05, 4.69) is 0 Å². The molecule has 0 aromatic heterocycles. The Morgan fingerprint density at radius 3 is 1.55 bits per heavy atom. The zero-order valence-electron chi connectivity index (χ0n) is 11.8. The lowest BCUT2D eigenvalue weighted by atomic mass is 10.1. The molecule has 0 saturated carbocycles. The number of halogens is 9. The lowest BCUT2D eigenvalue weighted by Gasteiger charge is -2.34. The molecule has 0 unspecified atom stereocenters. The van der Waals surface area contributed by atoms with E-state index in [0.29, 0.717) is 10.8 Å². The van der Waals surface area contributed by atoms with E-state index in [1.807, 2.05) is 0 Å². The minimum atomic E-state index is -6.85. The van der Waals surface area contributed by atoms with Gasteiger partial charge in [-0.05, 0) is 34.1 Å². The summed E-state index contributed by atoms with van der Waals surface area (Å²) in [6.45, 7) is 0.192. The standard InChI is InChI=1S/C10H15F9N2S/c1-20(2)5-4-6-21(3)22-10(18,19)8(13,14)7(11,12)9(15,16)17/h4-6H2,1-3H3. The lowest BCUT2D eigenvalue weighted by molar-refractivity contribution is -0.381. The Kier molecular flexibility index (Phi) is 6.92. The molecule has 0 fully saturated rings. The second kappa shape index (κ2) is 7.04. The molecule has 0 aromatic rings. The van der Waals surface area contributed by atoms with E-state index in [4.69, 9.17) is 0 Å². The SMILES string of the molecule is CN(C)CCCN(C)SC(F)(F)C(F)(F)C(F)(F)C(F)(F)F. The number of rotatable bonds is 8. The molecule has 0 spiro atoms. The van der Waals surface area contributed by atoms with Crippen LogP contribution in [-0.4, -0.2) is 66.7 Å². The third kappa shape index (κ3) is 4.82. The zero-order chi connectivity index (χ0) is 18.0. The molecule has 0 rings (SSSR count). The first-order valence-corrected chi connectivity index (χ1v) is 6.59. The summed E-state index contributed by atoms with van der Waals surface area (Å²) in [4.78, 5) is 1.66. The smallest absolute Gasteiger partial charge is 0.309 e. The Balaban J connectivity index is 4.98. The third-order valence-electron chi connectivity index (χ3n) is 2.46. The van der Waals surface area contributed by atoms with Gasteiger partial charge < -0.3 is 4.90 Å². The maximum Gasteiger partial charge on any atom is 0.460 e. The van der Waals surface area contributed by atoms with Crippen molar-refractivity contribution in [3.8, 4) is 0 Å². The average Bonchev–Trinajstić information content (AvgIpc) is 2.25. The Bertz CT molecular complexity index is 357. The first-order chi connectivity index (χ1) is 9.56. The topological polar surface area (TPSA) is 6.48 Å². The number of hydrogen-bond acceptors (Lipinski definition) is 3. The van der Waals surface area contributed by atoms with E-state index < -0.39 is 35.2 Å². The van der Waals surface area contributed by atoms with Crippen LogP contribution < -0.4 is 0 Å². The molecule has 0 radical (unpaired) electrons. The molecule has 0 amide bonds. The van der Waals surface area contributed by atoms with Gasteiger partial charge in [-0.2, -0.15) is 39.5 Å². The van der Waals surface area contributed by atoms with Gasteiger partial charge in [-0.1, -0.05) is 0 Å². The summed E-state index contributed by atoms with van der Waals surface area (Å²) < 4.78 is 114. The van der Waals surface area contributed by atoms with Crippen LogP contribution in [0.25, 0.3) is 0 Å². The highest BCUT2D eigenvalue weighted by molar-refractivity contribution is 7.98. The van der Waals surface area contributed by atoms with Crippen molar-refractivity contribution < 1.29 is 39.5 Å². The fraction of sp³-hybridized carbons (Fsp3) is 1.00. The van der Waals surface area contributed by atoms with Gasteiger partial charge in [-0.25, -0.2) is 4.31 Å². The van der Waals surface area contributed by atoms with E-state index in [1.165, 1.54) is 0 Å². The zero-order valence-corrected chi connectivity index (χ0v) is 12.6. The highest BCUT2D eigenvalue weighted by atomic mass is 32.2. The molecule has 0 aliphatic heterocycles. The molecular formula is C10H15F9N2S. The molecule has 0 atom stereocenters. The summed E-state index contributed by atoms with van der Waals surface area (Å²) in [6.07, 6.45) is -6.56. The van der Waals surface area contributed by atoms with Crippen LogP contribution in [0.4, 0.5) is 39.5 Å². The van der Waals surface area contributed by atoms with E-state index in [9.17, 15) is 39.5 Å². The van der Waals surface area contributed by atoms with Crippen molar-refractivity contribution in [2.24, 2.45) is 0 Å². The summed E-state index contributed by atoms with van der Waals surface area (Å²) in [7, 11) is 4.20. The highest BCUT2D eigenvalue weighted by Crippen LogP contribution is 2.56. The Morgan fingerprint density at radius 1 is 0.727 bits per heavy atom. The Morgan fingerprint density at radius 2 is 1.18 bits per heavy atom. The first kappa shape index (κ1) is 21.6. The molecule has 0 aliphatic carbocycles. The van der Waals surface area contributed by atoms with Crippen molar-refractivity contribution in [2.45, 2.75) is 29.7 Å². The van der Waals surface area contributed by atoms with Gasteiger partial charge in [0.1, 0.15) is 0 Å². The van der Waals surface area contributed by atoms with E-state index in [0.717, 1.165) is 7.05 Å². The van der Waals surface area contributed by atoms with Crippen LogP contribution in [0.5, 0.6) is 0 Å². The van der Waals surface area contributed by atoms with Crippen LogP contribution in [0.2, 0.25) is 0 Å². The number of nitrogens with zero attached hydrogens (tertiary/aromatic N) is 2. The molecule has 0 N–H and O–H groups in total. The predicted molar refractivity (Wildman–Crippen MR) is 64.3 cm³/mol. The largest absolute Gasteiger partial charge is 0.460 e. The summed E-state index contributed by atoms with van der Waals surface area (Å²) >= 11 is -1.05. The fourth-order valence-corrected chi connectivity index (χ4v) is 2.12. The van der Waals surface area contributed by atoms with Gasteiger partial charge >= 0.3 is 23.3 Å². The monoisotopic (exact) mass is 366 g/mol. The molecule has 22 heavy (non-hydrogen) atoms. The minimum Gasteiger partial charge on any atom is -0.309 e. The molecular weight excluding hydrogens is 351 g/mol. The van der Waals surface area contributed by atoms with Crippen molar-refractivity contribution in [2.75, 3.05) is 34.2 Å². The van der Waals surface area contributed by atoms with Crippen LogP contribution >= 0.6 is 11.9 Å². The molecule has 0 bridgehead atoms. The van der Waals surface area contributed by atoms with Crippen LogP contribution in [0, 0.1) is 0 Å². The third-order valence-corrected chi connectivity index (χ3v) is 3.44. The first-order valence-electron chi connectivity index (χ1n) is 5.81. The van der Waals surface area contributed by atoms with Gasteiger partial charge in [0, 0.05) is 18.5 Å². The van der Waals surface area contributed by atoms with Gasteiger partial charge in [0.05, 0.1) is 0 Å². The molecule has 0 aliphatic rings. The maximum absolute atomic E-state index is 13.2. The summed E-state index contributed by atoms with van der Waals surface area (Å²) in [5.41, 5.74) is 0. The van der Waals surface area contributed by atoms with E-state index in [1.54, 1.807) is 19.0 Å². The molecule has 0 heterocycles. The molecule has 2 nitrogen and oxygen atoms in total. The average molecular weight is 366 g/mol. The van der Waals surface area contributed by atoms with Crippen molar-refractivity contribution in [3.05, 3.63) is 0 Å². The van der Waals surface area contributed by atoms with Crippen LogP contribution in [0.15, 0.2) is 0 Å². The van der Waals surface area contributed by atoms with Crippen molar-refractivity contribution in [1.29, 1.82) is 0 Å². The highest BCUT2D eigenvalue weighted by Gasteiger charge is 2.82. The normalized spacial score (nSPS) is 15.0. The quantitative estimate of drug-likeness (QED) is 0.475. The van der Waals surface area contributed by atoms with Gasteiger partial charge in [-0.3, -0.25) is 0 Å². The van der Waals surface area contributed by atoms with Gasteiger partial charge in [-0.15, -0.1) is 0 Å². The van der Waals surface area contributed by atoms with Crippen LogP contribution in [-0.2, 0) is 0 Å². The molecule has 0 aromatic carbocycles. The van der Waals surface area contributed by atoms with E-state index in [-0.39, 0.29) is 13.0 Å².